The maximum Gasteiger partial charge on any atom is 0.0897 e. The highest BCUT2D eigenvalue weighted by molar-refractivity contribution is 4.97. The molecule has 0 saturated heterocycles. The van der Waals surface area contributed by atoms with E-state index in [0.717, 1.165) is 12.1 Å². The van der Waals surface area contributed by atoms with Crippen molar-refractivity contribution in [3.05, 3.63) is 18.0 Å². The molecule has 1 fully saturated rings. The van der Waals surface area contributed by atoms with E-state index in [0.29, 0.717) is 31.7 Å². The summed E-state index contributed by atoms with van der Waals surface area (Å²) in [5.41, 5.74) is 0.990. The first-order chi connectivity index (χ1) is 10.2. The molecule has 0 bridgehead atoms. The summed E-state index contributed by atoms with van der Waals surface area (Å²) in [5.74, 6) is 0.674. The van der Waals surface area contributed by atoms with Gasteiger partial charge in [-0.25, -0.2) is 0 Å². The van der Waals surface area contributed by atoms with Gasteiger partial charge in [-0.15, -0.1) is 0 Å². The zero-order chi connectivity index (χ0) is 15.1. The second-order valence-electron chi connectivity index (χ2n) is 6.09. The summed E-state index contributed by atoms with van der Waals surface area (Å²) in [6.07, 6.45) is 7.99. The predicted octanol–water partition coefficient (Wildman–Crippen LogP) is 1.86. The van der Waals surface area contributed by atoms with Crippen LogP contribution in [0.5, 0.6) is 0 Å². The maximum atomic E-state index is 10.0. The predicted molar refractivity (Wildman–Crippen MR) is 82.9 cm³/mol. The van der Waals surface area contributed by atoms with Crippen molar-refractivity contribution in [2.24, 2.45) is 13.0 Å². The SMILES string of the molecule is CCC1CCCCC1OCC(O)CNCc1ccn(C)n1. The van der Waals surface area contributed by atoms with Gasteiger partial charge in [0.2, 0.25) is 0 Å². The number of aliphatic hydroxyl groups is 1. The minimum atomic E-state index is -0.451. The zero-order valence-corrected chi connectivity index (χ0v) is 13.3. The van der Waals surface area contributed by atoms with Gasteiger partial charge in [0.15, 0.2) is 0 Å². The first-order valence-electron chi connectivity index (χ1n) is 8.18. The van der Waals surface area contributed by atoms with Crippen LogP contribution in [0.4, 0.5) is 0 Å². The van der Waals surface area contributed by atoms with Gasteiger partial charge in [0.25, 0.3) is 0 Å². The number of nitrogens with one attached hydrogen (secondary N) is 1. The Morgan fingerprint density at radius 2 is 2.29 bits per heavy atom. The summed E-state index contributed by atoms with van der Waals surface area (Å²) < 4.78 is 7.73. The fourth-order valence-electron chi connectivity index (χ4n) is 3.08. The molecule has 0 aromatic carbocycles. The standard InChI is InChI=1S/C16H29N3O2/c1-3-13-6-4-5-7-16(13)21-12-15(20)11-17-10-14-8-9-19(2)18-14/h8-9,13,15-17,20H,3-7,10-12H2,1-2H3. The van der Waals surface area contributed by atoms with Crippen LogP contribution in [-0.4, -0.2) is 40.2 Å². The molecule has 5 heteroatoms. The van der Waals surface area contributed by atoms with Crippen LogP contribution in [0.1, 0.15) is 44.7 Å². The van der Waals surface area contributed by atoms with Crippen molar-refractivity contribution in [3.8, 4) is 0 Å². The van der Waals surface area contributed by atoms with Gasteiger partial charge in [-0.05, 0) is 24.8 Å². The Balaban J connectivity index is 1.61. The molecular weight excluding hydrogens is 266 g/mol. The molecule has 0 spiro atoms. The third-order valence-corrected chi connectivity index (χ3v) is 4.32. The lowest BCUT2D eigenvalue weighted by Gasteiger charge is -2.31. The molecule has 0 radical (unpaired) electrons. The van der Waals surface area contributed by atoms with Gasteiger partial charge >= 0.3 is 0 Å². The fraction of sp³-hybridized carbons (Fsp3) is 0.812. The third-order valence-electron chi connectivity index (χ3n) is 4.32. The van der Waals surface area contributed by atoms with Crippen LogP contribution >= 0.6 is 0 Å². The Hall–Kier alpha value is -0.910. The van der Waals surface area contributed by atoms with E-state index in [-0.39, 0.29) is 0 Å². The van der Waals surface area contributed by atoms with Gasteiger partial charge in [-0.1, -0.05) is 26.2 Å². The number of hydrogen-bond donors (Lipinski definition) is 2. The number of aryl methyl sites for hydroxylation is 1. The Morgan fingerprint density at radius 3 is 3.00 bits per heavy atom. The molecule has 1 heterocycles. The second kappa shape index (κ2) is 8.51. The fourth-order valence-corrected chi connectivity index (χ4v) is 3.08. The molecule has 2 N–H and O–H groups in total. The van der Waals surface area contributed by atoms with Gasteiger partial charge in [0, 0.05) is 26.3 Å². The van der Waals surface area contributed by atoms with Crippen molar-refractivity contribution in [2.75, 3.05) is 13.2 Å². The zero-order valence-electron chi connectivity index (χ0n) is 13.3. The lowest BCUT2D eigenvalue weighted by atomic mass is 9.85. The molecule has 120 valence electrons. The van der Waals surface area contributed by atoms with E-state index >= 15 is 0 Å². The minimum absolute atomic E-state index is 0.342. The van der Waals surface area contributed by atoms with Crippen LogP contribution in [0, 0.1) is 5.92 Å². The van der Waals surface area contributed by atoms with E-state index in [1.54, 1.807) is 4.68 Å². The smallest absolute Gasteiger partial charge is 0.0897 e. The lowest BCUT2D eigenvalue weighted by molar-refractivity contribution is -0.0499. The van der Waals surface area contributed by atoms with Crippen molar-refractivity contribution < 1.29 is 9.84 Å². The highest BCUT2D eigenvalue weighted by atomic mass is 16.5. The normalized spacial score (nSPS) is 24.1. The molecule has 1 aromatic rings. The largest absolute Gasteiger partial charge is 0.389 e. The third kappa shape index (κ3) is 5.41. The minimum Gasteiger partial charge on any atom is -0.389 e. The first kappa shape index (κ1) is 16.5. The van der Waals surface area contributed by atoms with Crippen molar-refractivity contribution >= 4 is 0 Å². The summed E-state index contributed by atoms with van der Waals surface area (Å²) in [4.78, 5) is 0. The van der Waals surface area contributed by atoms with Crippen molar-refractivity contribution in [3.63, 3.8) is 0 Å². The van der Waals surface area contributed by atoms with E-state index in [4.69, 9.17) is 4.74 Å². The summed E-state index contributed by atoms with van der Waals surface area (Å²) in [6.45, 7) is 3.88. The van der Waals surface area contributed by atoms with Crippen LogP contribution in [-0.2, 0) is 18.3 Å². The van der Waals surface area contributed by atoms with Gasteiger partial charge < -0.3 is 15.2 Å². The van der Waals surface area contributed by atoms with Crippen LogP contribution < -0.4 is 5.32 Å². The topological polar surface area (TPSA) is 59.3 Å². The van der Waals surface area contributed by atoms with E-state index in [1.807, 2.05) is 19.3 Å². The van der Waals surface area contributed by atoms with Crippen molar-refractivity contribution in [1.82, 2.24) is 15.1 Å². The first-order valence-corrected chi connectivity index (χ1v) is 8.18. The Bertz CT molecular complexity index is 408. The summed E-state index contributed by atoms with van der Waals surface area (Å²) in [5, 5.41) is 17.5. The second-order valence-corrected chi connectivity index (χ2v) is 6.09. The quantitative estimate of drug-likeness (QED) is 0.768. The van der Waals surface area contributed by atoms with Gasteiger partial charge in [-0.3, -0.25) is 4.68 Å². The van der Waals surface area contributed by atoms with Gasteiger partial charge in [0.1, 0.15) is 0 Å². The van der Waals surface area contributed by atoms with Crippen LogP contribution in [0.15, 0.2) is 12.3 Å². The monoisotopic (exact) mass is 295 g/mol. The summed E-state index contributed by atoms with van der Waals surface area (Å²) in [6, 6.07) is 1.98. The number of nitrogens with zero attached hydrogens (tertiary/aromatic N) is 2. The average Bonchev–Trinajstić information content (AvgIpc) is 2.91. The Labute approximate surface area is 127 Å². The average molecular weight is 295 g/mol. The van der Waals surface area contributed by atoms with Crippen LogP contribution in [0.2, 0.25) is 0 Å². The molecule has 1 aliphatic carbocycles. The number of ether oxygens (including phenoxy) is 1. The number of aromatic nitrogens is 2. The Morgan fingerprint density at radius 1 is 1.48 bits per heavy atom. The van der Waals surface area contributed by atoms with E-state index in [9.17, 15) is 5.11 Å². The number of hydrogen-bond acceptors (Lipinski definition) is 4. The number of rotatable bonds is 8. The van der Waals surface area contributed by atoms with E-state index in [1.165, 1.54) is 25.7 Å². The van der Waals surface area contributed by atoms with E-state index in [2.05, 4.69) is 17.3 Å². The lowest BCUT2D eigenvalue weighted by Crippen LogP contribution is -2.34. The molecular formula is C16H29N3O2. The van der Waals surface area contributed by atoms with Crippen LogP contribution in [0.25, 0.3) is 0 Å². The molecule has 2 rings (SSSR count). The molecule has 1 aliphatic rings. The molecule has 1 aromatic heterocycles. The van der Waals surface area contributed by atoms with Crippen molar-refractivity contribution in [1.29, 1.82) is 0 Å². The molecule has 0 aliphatic heterocycles. The van der Waals surface area contributed by atoms with Crippen LogP contribution in [0.3, 0.4) is 0 Å². The summed E-state index contributed by atoms with van der Waals surface area (Å²) in [7, 11) is 1.90. The molecule has 3 unspecified atom stereocenters. The molecule has 3 atom stereocenters. The molecule has 0 amide bonds. The van der Waals surface area contributed by atoms with Crippen molar-refractivity contribution in [2.45, 2.75) is 57.8 Å². The highest BCUT2D eigenvalue weighted by Gasteiger charge is 2.24. The van der Waals surface area contributed by atoms with E-state index < -0.39 is 6.10 Å². The molecule has 5 nitrogen and oxygen atoms in total. The summed E-state index contributed by atoms with van der Waals surface area (Å²) >= 11 is 0. The van der Waals surface area contributed by atoms with Gasteiger partial charge in [-0.2, -0.15) is 5.10 Å². The molecule has 1 saturated carbocycles. The maximum absolute atomic E-state index is 10.0. The highest BCUT2D eigenvalue weighted by Crippen LogP contribution is 2.29. The number of aliphatic hydroxyl groups excluding tert-OH is 1. The Kier molecular flexibility index (Phi) is 6.67. The molecule has 21 heavy (non-hydrogen) atoms. The van der Waals surface area contributed by atoms with Gasteiger partial charge in [0.05, 0.1) is 24.5 Å².